The van der Waals surface area contributed by atoms with Gasteiger partial charge >= 0.3 is 0 Å². The molecule has 0 aliphatic carbocycles. The van der Waals surface area contributed by atoms with Gasteiger partial charge in [0.1, 0.15) is 0 Å². The summed E-state index contributed by atoms with van der Waals surface area (Å²) < 4.78 is 22.3. The first kappa shape index (κ1) is 10.7. The average Bonchev–Trinajstić information content (AvgIpc) is 2.26. The minimum absolute atomic E-state index is 0. The van der Waals surface area contributed by atoms with Crippen LogP contribution < -0.4 is 5.73 Å². The number of hydrogen-bond acceptors (Lipinski definition) is 5. The molecule has 74 valence electrons. The van der Waals surface area contributed by atoms with Crippen molar-refractivity contribution in [2.75, 3.05) is 11.5 Å². The number of rotatable bonds is 0. The fourth-order valence-corrected chi connectivity index (χ4v) is 3.90. The maximum Gasteiger partial charge on any atom is 0.180 e. The second-order valence-corrected chi connectivity index (χ2v) is 6.06. The lowest BCUT2D eigenvalue weighted by Gasteiger charge is -2.08. The van der Waals surface area contributed by atoms with Crippen LogP contribution in [0.2, 0.25) is 0 Å². The SMILES string of the molecule is Cl.Nc1nc2c(s1)CS(=O)(=O)CC2. The van der Waals surface area contributed by atoms with E-state index in [1.54, 1.807) is 0 Å². The van der Waals surface area contributed by atoms with E-state index in [1.807, 2.05) is 0 Å². The summed E-state index contributed by atoms with van der Waals surface area (Å²) in [5, 5.41) is 0.470. The molecule has 0 bridgehead atoms. The highest BCUT2D eigenvalue weighted by atomic mass is 35.5. The first-order valence-corrected chi connectivity index (χ1v) is 6.15. The van der Waals surface area contributed by atoms with E-state index in [2.05, 4.69) is 4.98 Å². The van der Waals surface area contributed by atoms with Crippen molar-refractivity contribution in [3.05, 3.63) is 10.6 Å². The molecule has 0 fully saturated rings. The van der Waals surface area contributed by atoms with Crippen molar-refractivity contribution in [2.45, 2.75) is 12.2 Å². The highest BCUT2D eigenvalue weighted by Crippen LogP contribution is 2.27. The van der Waals surface area contributed by atoms with Crippen LogP contribution in [0.25, 0.3) is 0 Å². The van der Waals surface area contributed by atoms with Gasteiger partial charge in [-0.25, -0.2) is 13.4 Å². The molecule has 2 heterocycles. The van der Waals surface area contributed by atoms with Gasteiger partial charge in [0.05, 0.1) is 17.2 Å². The lowest BCUT2D eigenvalue weighted by molar-refractivity contribution is 0.591. The smallest absolute Gasteiger partial charge is 0.180 e. The molecule has 0 atom stereocenters. The number of halogens is 1. The van der Waals surface area contributed by atoms with Crippen molar-refractivity contribution in [3.8, 4) is 0 Å². The predicted molar refractivity (Wildman–Crippen MR) is 55.0 cm³/mol. The molecule has 2 N–H and O–H groups in total. The van der Waals surface area contributed by atoms with Gasteiger partial charge in [0.15, 0.2) is 15.0 Å². The van der Waals surface area contributed by atoms with E-state index in [1.165, 1.54) is 11.3 Å². The molecule has 0 radical (unpaired) electrons. The normalized spacial score (nSPS) is 18.8. The minimum atomic E-state index is -2.87. The third-order valence-electron chi connectivity index (χ3n) is 1.80. The Kier molecular flexibility index (Phi) is 2.84. The monoisotopic (exact) mass is 240 g/mol. The summed E-state index contributed by atoms with van der Waals surface area (Å²) in [5.74, 6) is 0.334. The molecule has 13 heavy (non-hydrogen) atoms. The summed E-state index contributed by atoms with van der Waals surface area (Å²) >= 11 is 1.28. The number of hydrogen-bond donors (Lipinski definition) is 1. The zero-order valence-corrected chi connectivity index (χ0v) is 9.14. The molecule has 0 saturated heterocycles. The number of nitrogens with two attached hydrogens (primary N) is 1. The Morgan fingerprint density at radius 1 is 1.46 bits per heavy atom. The predicted octanol–water partition coefficient (Wildman–Crippen LogP) is 0.618. The second-order valence-electron chi connectivity index (χ2n) is 2.76. The van der Waals surface area contributed by atoms with Gasteiger partial charge in [-0.1, -0.05) is 0 Å². The van der Waals surface area contributed by atoms with Crippen molar-refractivity contribution in [2.24, 2.45) is 0 Å². The first-order chi connectivity index (χ1) is 5.57. The standard InChI is InChI=1S/C6H8N2O2S2.ClH/c7-6-8-4-1-2-12(9,10)3-5(4)11-6;/h1-3H2,(H2,7,8);1H. The van der Waals surface area contributed by atoms with E-state index in [-0.39, 0.29) is 23.9 Å². The van der Waals surface area contributed by atoms with Crippen LogP contribution in [0.4, 0.5) is 5.13 Å². The lowest BCUT2D eigenvalue weighted by Crippen LogP contribution is -2.17. The molecule has 0 saturated carbocycles. The number of nitrogens with zero attached hydrogens (tertiary/aromatic N) is 1. The molecule has 1 aliphatic rings. The van der Waals surface area contributed by atoms with Crippen molar-refractivity contribution < 1.29 is 8.42 Å². The molecular formula is C6H9ClN2O2S2. The van der Waals surface area contributed by atoms with Crippen molar-refractivity contribution >= 4 is 38.7 Å². The summed E-state index contributed by atoms with van der Waals surface area (Å²) in [7, 11) is -2.87. The number of aromatic nitrogens is 1. The first-order valence-electron chi connectivity index (χ1n) is 3.51. The van der Waals surface area contributed by atoms with Crippen molar-refractivity contribution in [1.82, 2.24) is 4.98 Å². The van der Waals surface area contributed by atoms with Gasteiger partial charge in [-0.2, -0.15) is 0 Å². The zero-order valence-electron chi connectivity index (χ0n) is 6.69. The molecule has 7 heteroatoms. The molecule has 0 unspecified atom stereocenters. The fourth-order valence-electron chi connectivity index (χ4n) is 1.24. The van der Waals surface area contributed by atoms with Gasteiger partial charge in [-0.05, 0) is 0 Å². The Labute approximate surface area is 86.5 Å². The number of sulfone groups is 1. The Balaban J connectivity index is 0.000000845. The van der Waals surface area contributed by atoms with Crippen molar-refractivity contribution in [1.29, 1.82) is 0 Å². The summed E-state index contributed by atoms with van der Waals surface area (Å²) in [6.45, 7) is 0. The third-order valence-corrected chi connectivity index (χ3v) is 4.46. The number of fused-ring (bicyclic) bond motifs is 1. The largest absolute Gasteiger partial charge is 0.375 e. The lowest BCUT2D eigenvalue weighted by atomic mass is 10.3. The zero-order chi connectivity index (χ0) is 8.77. The van der Waals surface area contributed by atoms with Crippen LogP contribution >= 0.6 is 23.7 Å². The molecule has 0 aromatic carbocycles. The Hall–Kier alpha value is -0.330. The number of thiazole rings is 1. The van der Waals surface area contributed by atoms with E-state index in [0.717, 1.165) is 10.6 Å². The maximum absolute atomic E-state index is 11.2. The second kappa shape index (κ2) is 3.43. The average molecular weight is 241 g/mol. The Morgan fingerprint density at radius 2 is 2.15 bits per heavy atom. The van der Waals surface area contributed by atoms with Gasteiger partial charge < -0.3 is 5.73 Å². The van der Waals surface area contributed by atoms with Gasteiger partial charge in [0.2, 0.25) is 0 Å². The molecule has 0 spiro atoms. The summed E-state index contributed by atoms with van der Waals surface area (Å²) in [6, 6.07) is 0. The van der Waals surface area contributed by atoms with E-state index in [9.17, 15) is 8.42 Å². The highest BCUT2D eigenvalue weighted by Gasteiger charge is 2.24. The van der Waals surface area contributed by atoms with E-state index in [0.29, 0.717) is 11.6 Å². The van der Waals surface area contributed by atoms with E-state index < -0.39 is 9.84 Å². The molecular weight excluding hydrogens is 232 g/mol. The summed E-state index contributed by atoms with van der Waals surface area (Å²) in [5.41, 5.74) is 6.33. The van der Waals surface area contributed by atoms with Crippen molar-refractivity contribution in [3.63, 3.8) is 0 Å². The van der Waals surface area contributed by atoms with E-state index in [4.69, 9.17) is 5.73 Å². The Bertz CT molecular complexity index is 412. The summed E-state index contributed by atoms with van der Waals surface area (Å²) in [4.78, 5) is 4.87. The van der Waals surface area contributed by atoms with Crippen LogP contribution in [-0.4, -0.2) is 19.2 Å². The molecule has 2 rings (SSSR count). The van der Waals surface area contributed by atoms with Crippen LogP contribution in [0, 0.1) is 0 Å². The highest BCUT2D eigenvalue weighted by molar-refractivity contribution is 7.90. The van der Waals surface area contributed by atoms with Gasteiger partial charge in [-0.3, -0.25) is 0 Å². The molecule has 1 aromatic heterocycles. The van der Waals surface area contributed by atoms with E-state index >= 15 is 0 Å². The topological polar surface area (TPSA) is 73.0 Å². The molecule has 0 amide bonds. The molecule has 4 nitrogen and oxygen atoms in total. The van der Waals surface area contributed by atoms with Crippen LogP contribution in [-0.2, 0) is 22.0 Å². The third kappa shape index (κ3) is 2.12. The molecule has 1 aliphatic heterocycles. The quantitative estimate of drug-likeness (QED) is 0.722. The van der Waals surface area contributed by atoms with Gasteiger partial charge in [0, 0.05) is 11.3 Å². The van der Waals surface area contributed by atoms with Crippen LogP contribution in [0.3, 0.4) is 0 Å². The van der Waals surface area contributed by atoms with Gasteiger partial charge in [0.25, 0.3) is 0 Å². The van der Waals surface area contributed by atoms with Crippen LogP contribution in [0.15, 0.2) is 0 Å². The Morgan fingerprint density at radius 3 is 2.85 bits per heavy atom. The maximum atomic E-state index is 11.2. The molecule has 1 aromatic rings. The fraction of sp³-hybridized carbons (Fsp3) is 0.500. The number of aryl methyl sites for hydroxylation is 1. The van der Waals surface area contributed by atoms with Gasteiger partial charge in [-0.15, -0.1) is 23.7 Å². The number of nitrogen functional groups attached to an aromatic ring is 1. The van der Waals surface area contributed by atoms with Crippen LogP contribution in [0.1, 0.15) is 10.6 Å². The number of anilines is 1. The summed E-state index contributed by atoms with van der Waals surface area (Å²) in [6.07, 6.45) is 0.519. The van der Waals surface area contributed by atoms with Crippen LogP contribution in [0.5, 0.6) is 0 Å². The minimum Gasteiger partial charge on any atom is -0.375 e.